The van der Waals surface area contributed by atoms with Gasteiger partial charge in [0, 0.05) is 18.3 Å². The van der Waals surface area contributed by atoms with E-state index >= 15 is 0 Å². The van der Waals surface area contributed by atoms with Crippen LogP contribution in [0.3, 0.4) is 0 Å². The Kier molecular flexibility index (Phi) is 6.08. The van der Waals surface area contributed by atoms with Gasteiger partial charge in [-0.15, -0.1) is 12.4 Å². The molecule has 0 radical (unpaired) electrons. The first-order valence-electron chi connectivity index (χ1n) is 5.27. The molecule has 0 aliphatic rings. The smallest absolute Gasteiger partial charge is 0.313 e. The summed E-state index contributed by atoms with van der Waals surface area (Å²) >= 11 is 0. The molecule has 18 heavy (non-hydrogen) atoms. The Morgan fingerprint density at radius 1 is 1.39 bits per heavy atom. The fraction of sp³-hybridized carbons (Fsp3) is 0.500. The normalized spacial score (nSPS) is 12.3. The molecule has 1 aromatic rings. The Bertz CT molecular complexity index is 393. The van der Waals surface area contributed by atoms with Crippen LogP contribution in [0.5, 0.6) is 5.88 Å². The third-order valence-electron chi connectivity index (χ3n) is 2.82. The zero-order valence-electron chi connectivity index (χ0n) is 11.0. The van der Waals surface area contributed by atoms with Crippen molar-refractivity contribution >= 4 is 18.4 Å². The topological polar surface area (TPSA) is 74.4 Å². The van der Waals surface area contributed by atoms with Crippen LogP contribution in [0, 0.1) is 5.41 Å². The Labute approximate surface area is 113 Å². The number of hydrogen-bond acceptors (Lipinski definition) is 5. The Morgan fingerprint density at radius 2 is 2.00 bits per heavy atom. The van der Waals surface area contributed by atoms with Gasteiger partial charge < -0.3 is 15.2 Å². The second-order valence-electron chi connectivity index (χ2n) is 4.32. The highest BCUT2D eigenvalue weighted by atomic mass is 35.5. The minimum absolute atomic E-state index is 0. The number of pyridine rings is 1. The maximum atomic E-state index is 11.6. The van der Waals surface area contributed by atoms with Gasteiger partial charge in [-0.1, -0.05) is 6.07 Å². The quantitative estimate of drug-likeness (QED) is 0.846. The number of aromatic nitrogens is 1. The standard InChI is InChI=1S/C12H18N2O3.ClH/c1-12(2,11(15)17-4)10(13)8-5-6-9(16-3)14-7-8;/h5-7,10H,13H2,1-4H3;1H/t10-;/m0./s1. The summed E-state index contributed by atoms with van der Waals surface area (Å²) in [6.45, 7) is 3.49. The molecule has 0 saturated heterocycles. The third kappa shape index (κ3) is 3.34. The van der Waals surface area contributed by atoms with Crippen LogP contribution >= 0.6 is 12.4 Å². The van der Waals surface area contributed by atoms with E-state index in [9.17, 15) is 4.79 Å². The maximum Gasteiger partial charge on any atom is 0.313 e. The minimum Gasteiger partial charge on any atom is -0.481 e. The van der Waals surface area contributed by atoms with Crippen LogP contribution in [0.25, 0.3) is 0 Å². The van der Waals surface area contributed by atoms with Crippen LogP contribution in [0.15, 0.2) is 18.3 Å². The van der Waals surface area contributed by atoms with Gasteiger partial charge in [0.1, 0.15) is 0 Å². The van der Waals surface area contributed by atoms with Gasteiger partial charge in [-0.2, -0.15) is 0 Å². The zero-order chi connectivity index (χ0) is 13.1. The highest BCUT2D eigenvalue weighted by Gasteiger charge is 2.36. The molecule has 0 aliphatic heterocycles. The molecule has 0 unspecified atom stereocenters. The zero-order valence-corrected chi connectivity index (χ0v) is 11.8. The number of esters is 1. The van der Waals surface area contributed by atoms with Crippen molar-refractivity contribution in [2.24, 2.45) is 11.1 Å². The lowest BCUT2D eigenvalue weighted by molar-refractivity contribution is -0.152. The van der Waals surface area contributed by atoms with E-state index in [0.717, 1.165) is 5.56 Å². The molecule has 102 valence electrons. The molecule has 1 rings (SSSR count). The molecule has 0 aliphatic carbocycles. The first-order chi connectivity index (χ1) is 7.93. The molecule has 0 spiro atoms. The van der Waals surface area contributed by atoms with E-state index in [1.54, 1.807) is 39.3 Å². The van der Waals surface area contributed by atoms with Gasteiger partial charge in [-0.3, -0.25) is 4.79 Å². The van der Waals surface area contributed by atoms with Gasteiger partial charge in [0.15, 0.2) is 0 Å². The summed E-state index contributed by atoms with van der Waals surface area (Å²) in [7, 11) is 2.89. The summed E-state index contributed by atoms with van der Waals surface area (Å²) in [5.74, 6) is 0.164. The second kappa shape index (κ2) is 6.56. The van der Waals surface area contributed by atoms with E-state index < -0.39 is 11.5 Å². The van der Waals surface area contributed by atoms with Crippen LogP contribution in [-0.2, 0) is 9.53 Å². The summed E-state index contributed by atoms with van der Waals surface area (Å²) in [6, 6.07) is 3.03. The van der Waals surface area contributed by atoms with E-state index in [2.05, 4.69) is 4.98 Å². The summed E-state index contributed by atoms with van der Waals surface area (Å²) in [4.78, 5) is 15.7. The molecular formula is C12H19ClN2O3. The molecule has 0 saturated carbocycles. The molecule has 1 aromatic heterocycles. The first-order valence-corrected chi connectivity index (χ1v) is 5.27. The van der Waals surface area contributed by atoms with Crippen LogP contribution in [0.2, 0.25) is 0 Å². The number of nitrogens with zero attached hydrogens (tertiary/aromatic N) is 1. The van der Waals surface area contributed by atoms with Crippen molar-refractivity contribution in [1.82, 2.24) is 4.98 Å². The van der Waals surface area contributed by atoms with Gasteiger partial charge in [-0.25, -0.2) is 4.98 Å². The Balaban J connectivity index is 0.00000289. The molecule has 0 fully saturated rings. The Hall–Kier alpha value is -1.33. The molecule has 1 atom stereocenters. The molecular weight excluding hydrogens is 256 g/mol. The monoisotopic (exact) mass is 274 g/mol. The predicted octanol–water partition coefficient (Wildman–Crippen LogP) is 1.71. The lowest BCUT2D eigenvalue weighted by Gasteiger charge is -2.28. The largest absolute Gasteiger partial charge is 0.481 e. The van der Waals surface area contributed by atoms with Crippen LogP contribution < -0.4 is 10.5 Å². The van der Waals surface area contributed by atoms with E-state index in [1.165, 1.54) is 7.11 Å². The molecule has 2 N–H and O–H groups in total. The van der Waals surface area contributed by atoms with Gasteiger partial charge in [0.05, 0.1) is 19.6 Å². The summed E-state index contributed by atoms with van der Waals surface area (Å²) < 4.78 is 9.70. The Morgan fingerprint density at radius 3 is 2.39 bits per heavy atom. The van der Waals surface area contributed by atoms with E-state index in [0.29, 0.717) is 5.88 Å². The van der Waals surface area contributed by atoms with Crippen molar-refractivity contribution in [2.45, 2.75) is 19.9 Å². The number of hydrogen-bond donors (Lipinski definition) is 1. The number of methoxy groups -OCH3 is 2. The molecule has 5 nitrogen and oxygen atoms in total. The lowest BCUT2D eigenvalue weighted by atomic mass is 9.81. The molecule has 0 bridgehead atoms. The lowest BCUT2D eigenvalue weighted by Crippen LogP contribution is -2.37. The molecule has 6 heteroatoms. The fourth-order valence-corrected chi connectivity index (χ4v) is 1.50. The van der Waals surface area contributed by atoms with E-state index in [-0.39, 0.29) is 18.4 Å². The highest BCUT2D eigenvalue weighted by Crippen LogP contribution is 2.32. The van der Waals surface area contributed by atoms with Crippen molar-refractivity contribution in [3.8, 4) is 5.88 Å². The van der Waals surface area contributed by atoms with Crippen molar-refractivity contribution < 1.29 is 14.3 Å². The van der Waals surface area contributed by atoms with Crippen molar-refractivity contribution in [2.75, 3.05) is 14.2 Å². The second-order valence-corrected chi connectivity index (χ2v) is 4.32. The van der Waals surface area contributed by atoms with Crippen LogP contribution in [-0.4, -0.2) is 25.2 Å². The van der Waals surface area contributed by atoms with Gasteiger partial charge in [-0.05, 0) is 19.4 Å². The highest BCUT2D eigenvalue weighted by molar-refractivity contribution is 5.85. The number of rotatable bonds is 4. The average molecular weight is 275 g/mol. The number of ether oxygens (including phenoxy) is 2. The number of nitrogens with two attached hydrogens (primary N) is 1. The van der Waals surface area contributed by atoms with E-state index in [4.69, 9.17) is 15.2 Å². The maximum absolute atomic E-state index is 11.6. The molecule has 0 amide bonds. The van der Waals surface area contributed by atoms with Gasteiger partial charge in [0.2, 0.25) is 5.88 Å². The summed E-state index contributed by atoms with van der Waals surface area (Å²) in [5.41, 5.74) is 6.02. The van der Waals surface area contributed by atoms with Crippen molar-refractivity contribution in [1.29, 1.82) is 0 Å². The number of carbonyl (C=O) groups is 1. The number of carbonyl (C=O) groups excluding carboxylic acids is 1. The third-order valence-corrected chi connectivity index (χ3v) is 2.82. The number of halogens is 1. The van der Waals surface area contributed by atoms with Gasteiger partial charge >= 0.3 is 5.97 Å². The molecule has 1 heterocycles. The predicted molar refractivity (Wildman–Crippen MR) is 70.8 cm³/mol. The average Bonchev–Trinajstić information content (AvgIpc) is 2.36. The SMILES string of the molecule is COC(=O)C(C)(C)[C@@H](N)c1ccc(OC)nc1.Cl. The van der Waals surface area contributed by atoms with Crippen molar-refractivity contribution in [3.05, 3.63) is 23.9 Å². The van der Waals surface area contributed by atoms with Crippen LogP contribution in [0.4, 0.5) is 0 Å². The van der Waals surface area contributed by atoms with Crippen LogP contribution in [0.1, 0.15) is 25.5 Å². The molecule has 0 aromatic carbocycles. The fourth-order valence-electron chi connectivity index (χ4n) is 1.50. The van der Waals surface area contributed by atoms with Crippen molar-refractivity contribution in [3.63, 3.8) is 0 Å². The summed E-state index contributed by atoms with van der Waals surface area (Å²) in [6.07, 6.45) is 1.61. The first kappa shape index (κ1) is 16.7. The van der Waals surface area contributed by atoms with E-state index in [1.807, 2.05) is 0 Å². The summed E-state index contributed by atoms with van der Waals surface area (Å²) in [5, 5.41) is 0. The minimum atomic E-state index is -0.801. The van der Waals surface area contributed by atoms with Gasteiger partial charge in [0.25, 0.3) is 0 Å².